The molecule has 2 aromatic rings. The number of amides is 1. The first-order chi connectivity index (χ1) is 13.0. The third-order valence-corrected chi connectivity index (χ3v) is 8.30. The van der Waals surface area contributed by atoms with Gasteiger partial charge in [-0.2, -0.15) is 0 Å². The molecule has 1 fully saturated rings. The number of hydrogen-bond donors (Lipinski definition) is 0. The van der Waals surface area contributed by atoms with Crippen molar-refractivity contribution >= 4 is 33.2 Å². The molecule has 3 heterocycles. The fraction of sp³-hybridized carbons (Fsp3) is 0.500. The minimum absolute atomic E-state index is 0.149. The maximum Gasteiger partial charge on any atom is 0.267 e. The summed E-state index contributed by atoms with van der Waals surface area (Å²) < 4.78 is 32.0. The average Bonchev–Trinajstić information content (AvgIpc) is 3.34. The Hall–Kier alpha value is -2.00. The number of anilines is 1. The van der Waals surface area contributed by atoms with Crippen LogP contribution in [0.5, 0.6) is 0 Å². The molecule has 0 unspecified atom stereocenters. The van der Waals surface area contributed by atoms with Gasteiger partial charge in [0.15, 0.2) is 0 Å². The zero-order valence-corrected chi connectivity index (χ0v) is 16.8. The van der Waals surface area contributed by atoms with Gasteiger partial charge < -0.3 is 4.90 Å². The Kier molecular flexibility index (Phi) is 4.90. The first kappa shape index (κ1) is 18.4. The Balaban J connectivity index is 1.55. The standard InChI is InChI=1S/C18H22N4O3S2/c1-2-15-17(26-20-19-15)18(23)21-10-5-7-14(12-21)27(24,25)22-11-9-13-6-3-4-8-16(13)22/h3-4,6,8,14H,2,5,7,9-12H2,1H3/t14-/m1/s1. The van der Waals surface area contributed by atoms with Gasteiger partial charge in [0.25, 0.3) is 5.91 Å². The lowest BCUT2D eigenvalue weighted by molar-refractivity contribution is 0.0730. The molecule has 7 nitrogen and oxygen atoms in total. The predicted octanol–water partition coefficient (Wildman–Crippen LogP) is 2.10. The fourth-order valence-electron chi connectivity index (χ4n) is 3.86. The van der Waals surface area contributed by atoms with Gasteiger partial charge in [0.1, 0.15) is 4.88 Å². The summed E-state index contributed by atoms with van der Waals surface area (Å²) in [6.07, 6.45) is 2.63. The summed E-state index contributed by atoms with van der Waals surface area (Å²) in [6, 6.07) is 7.64. The fourth-order valence-corrected chi connectivity index (χ4v) is 6.57. The third kappa shape index (κ3) is 3.23. The summed E-state index contributed by atoms with van der Waals surface area (Å²) in [4.78, 5) is 15.1. The highest BCUT2D eigenvalue weighted by atomic mass is 32.2. The number of benzene rings is 1. The number of carbonyl (C=O) groups is 1. The molecule has 0 N–H and O–H groups in total. The van der Waals surface area contributed by atoms with Gasteiger partial charge in [-0.15, -0.1) is 5.10 Å². The highest BCUT2D eigenvalue weighted by Crippen LogP contribution is 2.33. The number of hydrogen-bond acceptors (Lipinski definition) is 6. The Morgan fingerprint density at radius 2 is 2.11 bits per heavy atom. The number of likely N-dealkylation sites (tertiary alicyclic amines) is 1. The molecule has 1 atom stereocenters. The van der Waals surface area contributed by atoms with Crippen molar-refractivity contribution in [2.45, 2.75) is 37.9 Å². The number of piperidine rings is 1. The molecule has 1 aromatic heterocycles. The van der Waals surface area contributed by atoms with E-state index in [0.717, 1.165) is 29.2 Å². The molecule has 0 bridgehead atoms. The normalized spacial score (nSPS) is 20.0. The lowest BCUT2D eigenvalue weighted by atomic mass is 10.1. The van der Waals surface area contributed by atoms with E-state index < -0.39 is 15.3 Å². The molecule has 9 heteroatoms. The monoisotopic (exact) mass is 406 g/mol. The number of rotatable bonds is 4. The molecule has 0 spiro atoms. The number of para-hydroxylation sites is 1. The molecule has 0 aliphatic carbocycles. The minimum atomic E-state index is -3.51. The number of fused-ring (bicyclic) bond motifs is 1. The van der Waals surface area contributed by atoms with Crippen molar-refractivity contribution in [3.05, 3.63) is 40.4 Å². The lowest BCUT2D eigenvalue weighted by Gasteiger charge is -2.34. The topological polar surface area (TPSA) is 83.5 Å². The summed E-state index contributed by atoms with van der Waals surface area (Å²) >= 11 is 1.09. The zero-order valence-electron chi connectivity index (χ0n) is 15.2. The second-order valence-electron chi connectivity index (χ2n) is 6.91. The van der Waals surface area contributed by atoms with Gasteiger partial charge >= 0.3 is 0 Å². The van der Waals surface area contributed by atoms with E-state index in [1.54, 1.807) is 4.90 Å². The zero-order chi connectivity index (χ0) is 19.0. The molecular weight excluding hydrogens is 384 g/mol. The van der Waals surface area contributed by atoms with Crippen molar-refractivity contribution in [2.75, 3.05) is 23.9 Å². The number of carbonyl (C=O) groups excluding carboxylic acids is 1. The van der Waals surface area contributed by atoms with Crippen LogP contribution in [0, 0.1) is 0 Å². The molecule has 27 heavy (non-hydrogen) atoms. The van der Waals surface area contributed by atoms with Gasteiger partial charge in [-0.25, -0.2) is 8.42 Å². The van der Waals surface area contributed by atoms with Crippen molar-refractivity contribution in [2.24, 2.45) is 0 Å². The van der Waals surface area contributed by atoms with Crippen LogP contribution in [-0.4, -0.2) is 53.7 Å². The molecule has 0 radical (unpaired) electrons. The summed E-state index contributed by atoms with van der Waals surface area (Å²) in [7, 11) is -3.51. The van der Waals surface area contributed by atoms with Crippen LogP contribution in [0.1, 0.15) is 40.7 Å². The van der Waals surface area contributed by atoms with Crippen molar-refractivity contribution in [3.8, 4) is 0 Å². The maximum atomic E-state index is 13.3. The number of sulfonamides is 1. The van der Waals surface area contributed by atoms with Gasteiger partial charge in [0.05, 0.1) is 16.6 Å². The summed E-state index contributed by atoms with van der Waals surface area (Å²) in [6.45, 7) is 3.20. The van der Waals surface area contributed by atoms with Crippen molar-refractivity contribution in [3.63, 3.8) is 0 Å². The van der Waals surface area contributed by atoms with Crippen LogP contribution in [0.4, 0.5) is 5.69 Å². The minimum Gasteiger partial charge on any atom is -0.336 e. The van der Waals surface area contributed by atoms with Gasteiger partial charge in [0, 0.05) is 19.6 Å². The Labute approximate surface area is 163 Å². The number of aromatic nitrogens is 2. The third-order valence-electron chi connectivity index (χ3n) is 5.32. The maximum absolute atomic E-state index is 13.3. The summed E-state index contributed by atoms with van der Waals surface area (Å²) in [5, 5.41) is 3.42. The van der Waals surface area contributed by atoms with Gasteiger partial charge in [0.2, 0.25) is 10.0 Å². The molecule has 4 rings (SSSR count). The molecule has 0 saturated carbocycles. The van der Waals surface area contributed by atoms with Crippen molar-refractivity contribution < 1.29 is 13.2 Å². The SMILES string of the molecule is CCc1nnsc1C(=O)N1CCC[C@@H](S(=O)(=O)N2CCc3ccccc32)C1. The largest absolute Gasteiger partial charge is 0.336 e. The van der Waals surface area contributed by atoms with Crippen LogP contribution >= 0.6 is 11.5 Å². The number of aryl methyl sites for hydroxylation is 1. The van der Waals surface area contributed by atoms with Crippen molar-refractivity contribution in [1.29, 1.82) is 0 Å². The summed E-state index contributed by atoms with van der Waals surface area (Å²) in [5.41, 5.74) is 2.53. The van der Waals surface area contributed by atoms with Crippen molar-refractivity contribution in [1.82, 2.24) is 14.5 Å². The Morgan fingerprint density at radius 1 is 1.30 bits per heavy atom. The highest BCUT2D eigenvalue weighted by molar-refractivity contribution is 7.93. The van der Waals surface area contributed by atoms with Crippen LogP contribution in [0.15, 0.2) is 24.3 Å². The molecule has 1 aromatic carbocycles. The van der Waals surface area contributed by atoms with Gasteiger partial charge in [-0.3, -0.25) is 9.10 Å². The highest BCUT2D eigenvalue weighted by Gasteiger charge is 2.39. The second kappa shape index (κ2) is 7.20. The molecular formula is C18H22N4O3S2. The number of nitrogens with zero attached hydrogens (tertiary/aromatic N) is 4. The predicted molar refractivity (Wildman–Crippen MR) is 105 cm³/mol. The lowest BCUT2D eigenvalue weighted by Crippen LogP contribution is -2.49. The van der Waals surface area contributed by atoms with Crippen LogP contribution in [0.2, 0.25) is 0 Å². The Bertz CT molecular complexity index is 957. The average molecular weight is 407 g/mol. The van der Waals surface area contributed by atoms with E-state index in [-0.39, 0.29) is 12.5 Å². The van der Waals surface area contributed by atoms with Crippen LogP contribution in [0.3, 0.4) is 0 Å². The van der Waals surface area contributed by atoms with E-state index in [1.807, 2.05) is 31.2 Å². The van der Waals surface area contributed by atoms with E-state index in [9.17, 15) is 13.2 Å². The smallest absolute Gasteiger partial charge is 0.267 e. The molecule has 2 aliphatic heterocycles. The van der Waals surface area contributed by atoms with E-state index in [4.69, 9.17) is 0 Å². The second-order valence-corrected chi connectivity index (χ2v) is 9.81. The van der Waals surface area contributed by atoms with Gasteiger partial charge in [-0.1, -0.05) is 29.6 Å². The van der Waals surface area contributed by atoms with E-state index >= 15 is 0 Å². The quantitative estimate of drug-likeness (QED) is 0.776. The first-order valence-electron chi connectivity index (χ1n) is 9.22. The molecule has 1 saturated heterocycles. The van der Waals surface area contributed by atoms with E-state index in [1.165, 1.54) is 4.31 Å². The van der Waals surface area contributed by atoms with E-state index in [0.29, 0.717) is 42.9 Å². The van der Waals surface area contributed by atoms with Crippen LogP contribution in [-0.2, 0) is 22.9 Å². The first-order valence-corrected chi connectivity index (χ1v) is 11.5. The summed E-state index contributed by atoms with van der Waals surface area (Å²) in [5.74, 6) is -0.149. The van der Waals surface area contributed by atoms with E-state index in [2.05, 4.69) is 9.59 Å². The Morgan fingerprint density at radius 3 is 2.93 bits per heavy atom. The van der Waals surface area contributed by atoms with Gasteiger partial charge in [-0.05, 0) is 48.8 Å². The van der Waals surface area contributed by atoms with Crippen LogP contribution < -0.4 is 4.31 Å². The molecule has 2 aliphatic rings. The molecule has 144 valence electrons. The molecule has 1 amide bonds. The van der Waals surface area contributed by atoms with Crippen LogP contribution in [0.25, 0.3) is 0 Å².